The Hall–Kier alpha value is -4.91. The number of rotatable bonds is 36. The van der Waals surface area contributed by atoms with Crippen LogP contribution in [0.5, 0.6) is 0 Å². The zero-order valence-corrected chi connectivity index (χ0v) is 42.3. The summed E-state index contributed by atoms with van der Waals surface area (Å²) >= 11 is 0. The van der Waals surface area contributed by atoms with Gasteiger partial charge in [0.15, 0.2) is 6.29 Å². The van der Waals surface area contributed by atoms with E-state index >= 15 is 0 Å². The number of azide groups is 1. The molecule has 0 saturated carbocycles. The second-order valence-corrected chi connectivity index (χ2v) is 18.6. The van der Waals surface area contributed by atoms with Crippen molar-refractivity contribution in [3.63, 3.8) is 0 Å². The first kappa shape index (κ1) is 55.4. The molecule has 71 heavy (non-hydrogen) atoms. The van der Waals surface area contributed by atoms with E-state index in [0.717, 1.165) is 53.5 Å². The summed E-state index contributed by atoms with van der Waals surface area (Å²) in [6.45, 7) is 4.09. The summed E-state index contributed by atoms with van der Waals surface area (Å²) in [7, 11) is 1.63. The third-order valence-electron chi connectivity index (χ3n) is 13.1. The maximum Gasteiger partial charge on any atom is 0.186 e. The van der Waals surface area contributed by atoms with Crippen LogP contribution >= 0.6 is 0 Å². The van der Waals surface area contributed by atoms with Gasteiger partial charge in [0, 0.05) is 12.0 Å². The summed E-state index contributed by atoms with van der Waals surface area (Å²) in [5.74, 6) is 0. The summed E-state index contributed by atoms with van der Waals surface area (Å²) in [5.41, 5.74) is 15.3. The number of methoxy groups -OCH3 is 1. The smallest absolute Gasteiger partial charge is 0.186 e. The highest BCUT2D eigenvalue weighted by atomic mass is 16.7. The second-order valence-electron chi connectivity index (χ2n) is 18.6. The van der Waals surface area contributed by atoms with E-state index in [1.807, 2.05) is 140 Å². The maximum absolute atomic E-state index is 10.2. The lowest BCUT2D eigenvalue weighted by Crippen LogP contribution is -2.62. The molecule has 0 amide bonds. The van der Waals surface area contributed by atoms with E-state index in [0.29, 0.717) is 33.0 Å². The minimum absolute atomic E-state index is 0.0454. The van der Waals surface area contributed by atoms with Gasteiger partial charge in [-0.2, -0.15) is 0 Å². The summed E-state index contributed by atoms with van der Waals surface area (Å²) in [6, 6.07) is 49.5. The molecule has 6 rings (SSSR count). The Balaban J connectivity index is 1.22. The van der Waals surface area contributed by atoms with E-state index in [-0.39, 0.29) is 13.2 Å². The lowest BCUT2D eigenvalue weighted by molar-refractivity contribution is -0.324. The van der Waals surface area contributed by atoms with E-state index in [1.54, 1.807) is 7.11 Å². The predicted octanol–water partition coefficient (Wildman–Crippen LogP) is 14.1. The summed E-state index contributed by atoms with van der Waals surface area (Å²) in [6.07, 6.45) is 11.0. The van der Waals surface area contributed by atoms with Crippen molar-refractivity contribution in [3.05, 3.63) is 190 Å². The van der Waals surface area contributed by atoms with Crippen molar-refractivity contribution in [1.82, 2.24) is 0 Å². The highest BCUT2D eigenvalue weighted by Crippen LogP contribution is 2.32. The molecule has 0 N–H and O–H groups in total. The average Bonchev–Trinajstić information content (AvgIpc) is 3.42. The molecule has 0 aliphatic carbocycles. The van der Waals surface area contributed by atoms with Crippen LogP contribution in [0.15, 0.2) is 157 Å². The molecular formula is C60H79N3O8. The molecular weight excluding hydrogens is 891 g/mol. The molecule has 5 aromatic rings. The molecule has 1 saturated heterocycles. The topological polar surface area (TPSA) is 123 Å². The number of ether oxygens (including phenoxy) is 8. The Kier molecular flexibility index (Phi) is 26.3. The quantitative estimate of drug-likeness (QED) is 0.0168. The van der Waals surface area contributed by atoms with E-state index in [1.165, 1.54) is 57.8 Å². The molecule has 0 spiro atoms. The van der Waals surface area contributed by atoms with Crippen molar-refractivity contribution >= 4 is 0 Å². The SMILES string of the molecule is CCCCCCCCCCCCCC[C@@H](OCc1ccccc1)[C@@H](OCc1ccccc1)[C@H](CO[C@H]1O[C@H](COCc2ccccc2)[C@H](OCc2ccccc2)[C@H](OCc2ccccc2)[C@H]1OC)N=[N+]=[N-]. The Labute approximate surface area is 424 Å². The Morgan fingerprint density at radius 1 is 0.507 bits per heavy atom. The van der Waals surface area contributed by atoms with Gasteiger partial charge in [-0.3, -0.25) is 0 Å². The van der Waals surface area contributed by atoms with Crippen LogP contribution in [-0.2, 0) is 70.9 Å². The van der Waals surface area contributed by atoms with Crippen LogP contribution in [0, 0.1) is 0 Å². The summed E-state index contributed by atoms with van der Waals surface area (Å²) in [5, 5.41) is 4.41. The highest BCUT2D eigenvalue weighted by Gasteiger charge is 2.49. The van der Waals surface area contributed by atoms with Crippen LogP contribution in [0.25, 0.3) is 10.4 Å². The van der Waals surface area contributed by atoms with Crippen LogP contribution in [0.3, 0.4) is 0 Å². The maximum atomic E-state index is 10.2. The van der Waals surface area contributed by atoms with Gasteiger partial charge in [0.2, 0.25) is 0 Å². The van der Waals surface area contributed by atoms with E-state index in [4.69, 9.17) is 37.9 Å². The molecule has 0 radical (unpaired) electrons. The first-order valence-electron chi connectivity index (χ1n) is 26.2. The molecule has 5 aromatic carbocycles. The molecule has 0 unspecified atom stereocenters. The lowest BCUT2D eigenvalue weighted by atomic mass is 9.97. The Morgan fingerprint density at radius 3 is 1.42 bits per heavy atom. The molecule has 0 aromatic heterocycles. The van der Waals surface area contributed by atoms with Gasteiger partial charge in [0.25, 0.3) is 0 Å². The van der Waals surface area contributed by atoms with Gasteiger partial charge in [0.1, 0.15) is 24.4 Å². The van der Waals surface area contributed by atoms with Gasteiger partial charge < -0.3 is 37.9 Å². The zero-order valence-electron chi connectivity index (χ0n) is 42.3. The van der Waals surface area contributed by atoms with Crippen LogP contribution in [0.4, 0.5) is 0 Å². The van der Waals surface area contributed by atoms with Gasteiger partial charge in [-0.05, 0) is 39.8 Å². The largest absolute Gasteiger partial charge is 0.374 e. The van der Waals surface area contributed by atoms with Gasteiger partial charge in [-0.1, -0.05) is 241 Å². The molecule has 1 fully saturated rings. The van der Waals surface area contributed by atoms with Crippen LogP contribution in [0.2, 0.25) is 0 Å². The molecule has 8 atom stereocenters. The third-order valence-corrected chi connectivity index (χ3v) is 13.1. The number of benzene rings is 5. The minimum atomic E-state index is -0.964. The Bertz CT molecular complexity index is 2130. The normalized spacial score (nSPS) is 19.2. The van der Waals surface area contributed by atoms with Crippen molar-refractivity contribution < 1.29 is 37.9 Å². The number of hydrogen-bond donors (Lipinski definition) is 0. The molecule has 382 valence electrons. The van der Waals surface area contributed by atoms with Crippen molar-refractivity contribution in [1.29, 1.82) is 0 Å². The van der Waals surface area contributed by atoms with E-state index in [9.17, 15) is 5.53 Å². The third kappa shape index (κ3) is 20.3. The second kappa shape index (κ2) is 33.7. The molecule has 1 aliphatic rings. The van der Waals surface area contributed by atoms with Crippen molar-refractivity contribution in [2.75, 3.05) is 20.3 Å². The van der Waals surface area contributed by atoms with Gasteiger partial charge in [0.05, 0.1) is 64.5 Å². The summed E-state index contributed by atoms with van der Waals surface area (Å²) < 4.78 is 53.6. The summed E-state index contributed by atoms with van der Waals surface area (Å²) in [4.78, 5) is 3.38. The average molecular weight is 970 g/mol. The predicted molar refractivity (Wildman–Crippen MR) is 280 cm³/mol. The number of nitrogens with zero attached hydrogens (tertiary/aromatic N) is 3. The molecule has 0 bridgehead atoms. The van der Waals surface area contributed by atoms with Crippen LogP contribution in [0.1, 0.15) is 118 Å². The molecule has 1 heterocycles. The lowest BCUT2D eigenvalue weighted by Gasteiger charge is -2.45. The fourth-order valence-electron chi connectivity index (χ4n) is 9.18. The fraction of sp³-hybridized carbons (Fsp3) is 0.500. The van der Waals surface area contributed by atoms with Crippen molar-refractivity contribution in [2.24, 2.45) is 5.11 Å². The van der Waals surface area contributed by atoms with Gasteiger partial charge >= 0.3 is 0 Å². The molecule has 11 heteroatoms. The fourth-order valence-corrected chi connectivity index (χ4v) is 9.18. The van der Waals surface area contributed by atoms with E-state index < -0.39 is 49.0 Å². The standard InChI is InChI=1S/C60H79N3O8/c1-3-4-5-6-7-8-9-10-11-12-13-29-40-54(66-42-49-32-21-15-22-33-49)56(67-43-50-34-23-16-24-35-50)53(62-63-61)46-70-60-59(64-2)58(69-45-52-38-27-18-28-39-52)57(68-44-51-36-25-17-26-37-51)55(71-60)47-65-41-48-30-19-14-20-31-48/h14-28,30-39,53-60H,3-13,29,40-47H2,1-2H3/t53-,54+,55+,56-,57-,58-,59+,60-/m0/s1. The number of unbranched alkanes of at least 4 members (excludes halogenated alkanes) is 11. The highest BCUT2D eigenvalue weighted by molar-refractivity contribution is 5.17. The van der Waals surface area contributed by atoms with Crippen molar-refractivity contribution in [3.8, 4) is 0 Å². The first-order valence-corrected chi connectivity index (χ1v) is 26.2. The Morgan fingerprint density at radius 2 is 0.944 bits per heavy atom. The number of hydrogen-bond acceptors (Lipinski definition) is 9. The minimum Gasteiger partial charge on any atom is -0.374 e. The zero-order chi connectivity index (χ0) is 49.4. The molecule has 1 aliphatic heterocycles. The monoisotopic (exact) mass is 970 g/mol. The van der Waals surface area contributed by atoms with Crippen LogP contribution < -0.4 is 0 Å². The van der Waals surface area contributed by atoms with E-state index in [2.05, 4.69) is 29.1 Å². The van der Waals surface area contributed by atoms with Crippen molar-refractivity contribution in [2.45, 2.75) is 172 Å². The molecule has 11 nitrogen and oxygen atoms in total. The van der Waals surface area contributed by atoms with Gasteiger partial charge in [-0.25, -0.2) is 0 Å². The van der Waals surface area contributed by atoms with Crippen LogP contribution in [-0.4, -0.2) is 69.3 Å². The van der Waals surface area contributed by atoms with Gasteiger partial charge in [-0.15, -0.1) is 0 Å². The first-order chi connectivity index (χ1) is 35.1.